The molecule has 1 aliphatic rings. The lowest BCUT2D eigenvalue weighted by molar-refractivity contribution is -0.121. The molecule has 15 heavy (non-hydrogen) atoms. The second-order valence-electron chi connectivity index (χ2n) is 3.54. The van der Waals surface area contributed by atoms with Gasteiger partial charge in [0.15, 0.2) is 6.10 Å². The van der Waals surface area contributed by atoms with E-state index in [0.29, 0.717) is 0 Å². The Morgan fingerprint density at radius 1 is 1.33 bits per heavy atom. The van der Waals surface area contributed by atoms with Crippen molar-refractivity contribution in [3.8, 4) is 0 Å². The van der Waals surface area contributed by atoms with Gasteiger partial charge >= 0.3 is 0 Å². The Balaban J connectivity index is 2.35. The maximum Gasteiger partial charge on any atom is 0.275 e. The largest absolute Gasteiger partial charge is 0.457 e. The summed E-state index contributed by atoms with van der Waals surface area (Å²) in [6.07, 6.45) is -0.473. The maximum atomic E-state index is 11.7. The van der Waals surface area contributed by atoms with E-state index < -0.39 is 6.10 Å². The van der Waals surface area contributed by atoms with Crippen LogP contribution in [0.2, 0.25) is 0 Å². The van der Waals surface area contributed by atoms with Crippen LogP contribution in [0.15, 0.2) is 24.3 Å². The molecule has 1 heterocycles. The van der Waals surface area contributed by atoms with Gasteiger partial charge in [0.25, 0.3) is 11.1 Å². The quantitative estimate of drug-likeness (QED) is 0.680. The molecule has 0 aliphatic carbocycles. The lowest BCUT2D eigenvalue weighted by Crippen LogP contribution is -2.30. The van der Waals surface area contributed by atoms with E-state index in [2.05, 4.69) is 0 Å². The molecule has 1 unspecified atom stereocenters. The van der Waals surface area contributed by atoms with Crippen molar-refractivity contribution in [1.82, 2.24) is 0 Å². The first-order valence-electron chi connectivity index (χ1n) is 4.71. The van der Waals surface area contributed by atoms with Crippen LogP contribution in [0.25, 0.3) is 0 Å². The van der Waals surface area contributed by atoms with E-state index in [4.69, 9.17) is 17.0 Å². The minimum atomic E-state index is -0.473. The highest BCUT2D eigenvalue weighted by Gasteiger charge is 2.35. The number of aryl methyl sites for hydroxylation is 1. The average molecular weight is 221 g/mol. The van der Waals surface area contributed by atoms with Gasteiger partial charge in [-0.15, -0.1) is 0 Å². The molecule has 2 rings (SSSR count). The van der Waals surface area contributed by atoms with Gasteiger partial charge in [0, 0.05) is 0 Å². The van der Waals surface area contributed by atoms with Gasteiger partial charge in [-0.3, -0.25) is 4.79 Å². The number of carbonyl (C=O) groups is 1. The number of hydrogen-bond donors (Lipinski definition) is 0. The van der Waals surface area contributed by atoms with Crippen LogP contribution in [-0.4, -0.2) is 17.2 Å². The smallest absolute Gasteiger partial charge is 0.275 e. The molecule has 0 spiro atoms. The zero-order chi connectivity index (χ0) is 11.0. The minimum Gasteiger partial charge on any atom is -0.457 e. The first-order chi connectivity index (χ1) is 7.09. The summed E-state index contributed by atoms with van der Waals surface area (Å²) in [5.74, 6) is -0.108. The summed E-state index contributed by atoms with van der Waals surface area (Å²) in [5.41, 5.74) is 1.91. The van der Waals surface area contributed by atoms with Crippen molar-refractivity contribution in [2.24, 2.45) is 0 Å². The number of amides is 1. The highest BCUT2D eigenvalue weighted by atomic mass is 32.1. The van der Waals surface area contributed by atoms with Crippen LogP contribution in [0.1, 0.15) is 12.5 Å². The van der Waals surface area contributed by atoms with E-state index >= 15 is 0 Å². The summed E-state index contributed by atoms with van der Waals surface area (Å²) in [5, 5.41) is 0.233. The van der Waals surface area contributed by atoms with Gasteiger partial charge < -0.3 is 4.74 Å². The highest BCUT2D eigenvalue weighted by Crippen LogP contribution is 2.22. The average Bonchev–Trinajstić information content (AvgIpc) is 2.44. The van der Waals surface area contributed by atoms with E-state index in [1.807, 2.05) is 31.2 Å². The summed E-state index contributed by atoms with van der Waals surface area (Å²) < 4.78 is 5.18. The third kappa shape index (κ3) is 1.72. The Morgan fingerprint density at radius 3 is 2.40 bits per heavy atom. The first kappa shape index (κ1) is 10.1. The second kappa shape index (κ2) is 3.62. The molecule has 78 valence electrons. The molecule has 0 N–H and O–H groups in total. The van der Waals surface area contributed by atoms with Crippen LogP contribution < -0.4 is 4.90 Å². The predicted octanol–water partition coefficient (Wildman–Crippen LogP) is 2.03. The van der Waals surface area contributed by atoms with E-state index in [1.54, 1.807) is 6.92 Å². The Hall–Kier alpha value is -1.42. The van der Waals surface area contributed by atoms with Crippen molar-refractivity contribution in [2.75, 3.05) is 4.90 Å². The standard InChI is InChI=1S/C11H11NO2S/c1-7-3-5-9(6-4-7)12-10(13)8(2)14-11(12)15/h3-6,8H,1-2H3. The van der Waals surface area contributed by atoms with Gasteiger partial charge in [-0.25, -0.2) is 4.90 Å². The minimum absolute atomic E-state index is 0.108. The lowest BCUT2D eigenvalue weighted by Gasteiger charge is -2.12. The number of hydrogen-bond acceptors (Lipinski definition) is 3. The summed E-state index contributed by atoms with van der Waals surface area (Å²) in [7, 11) is 0. The third-order valence-electron chi connectivity index (χ3n) is 2.32. The van der Waals surface area contributed by atoms with Gasteiger partial charge in [0.2, 0.25) is 0 Å². The molecule has 1 amide bonds. The van der Waals surface area contributed by atoms with E-state index in [-0.39, 0.29) is 11.1 Å². The molecular weight excluding hydrogens is 210 g/mol. The molecule has 4 heteroatoms. The molecule has 0 radical (unpaired) electrons. The van der Waals surface area contributed by atoms with Gasteiger partial charge in [0.1, 0.15) is 0 Å². The number of carbonyl (C=O) groups excluding carboxylic acids is 1. The number of nitrogens with zero attached hydrogens (tertiary/aromatic N) is 1. The molecule has 1 aliphatic heterocycles. The number of benzene rings is 1. The van der Waals surface area contributed by atoms with Crippen LogP contribution in [0, 0.1) is 6.92 Å². The Labute approximate surface area is 93.6 Å². The second-order valence-corrected chi connectivity index (χ2v) is 3.88. The summed E-state index contributed by atoms with van der Waals surface area (Å²) in [6.45, 7) is 3.69. The van der Waals surface area contributed by atoms with Crippen molar-refractivity contribution in [2.45, 2.75) is 20.0 Å². The van der Waals surface area contributed by atoms with Crippen LogP contribution in [-0.2, 0) is 9.53 Å². The molecule has 3 nitrogen and oxygen atoms in total. The molecule has 1 atom stereocenters. The van der Waals surface area contributed by atoms with Crippen molar-refractivity contribution >= 4 is 29.0 Å². The fraction of sp³-hybridized carbons (Fsp3) is 0.273. The Morgan fingerprint density at radius 2 is 1.93 bits per heavy atom. The summed E-state index contributed by atoms with van der Waals surface area (Å²) >= 11 is 4.99. The van der Waals surface area contributed by atoms with Crippen molar-refractivity contribution in [1.29, 1.82) is 0 Å². The summed E-state index contributed by atoms with van der Waals surface area (Å²) in [4.78, 5) is 13.1. The van der Waals surface area contributed by atoms with E-state index in [0.717, 1.165) is 11.3 Å². The number of ether oxygens (including phenoxy) is 1. The van der Waals surface area contributed by atoms with Gasteiger partial charge in [-0.05, 0) is 38.2 Å². The van der Waals surface area contributed by atoms with Crippen LogP contribution in [0.4, 0.5) is 5.69 Å². The van der Waals surface area contributed by atoms with Gasteiger partial charge in [-0.1, -0.05) is 17.7 Å². The zero-order valence-electron chi connectivity index (χ0n) is 8.56. The fourth-order valence-electron chi connectivity index (χ4n) is 1.45. The number of thiocarbonyl (C=S) groups is 1. The molecular formula is C11H11NO2S. The topological polar surface area (TPSA) is 29.5 Å². The third-order valence-corrected chi connectivity index (χ3v) is 2.60. The van der Waals surface area contributed by atoms with Crippen molar-refractivity contribution in [3.05, 3.63) is 29.8 Å². The monoisotopic (exact) mass is 221 g/mol. The molecule has 1 fully saturated rings. The van der Waals surface area contributed by atoms with Crippen LogP contribution >= 0.6 is 12.2 Å². The van der Waals surface area contributed by atoms with Crippen molar-refractivity contribution in [3.63, 3.8) is 0 Å². The SMILES string of the molecule is Cc1ccc(N2C(=O)C(C)OC2=S)cc1. The molecule has 1 aromatic rings. The van der Waals surface area contributed by atoms with E-state index in [1.165, 1.54) is 4.90 Å². The zero-order valence-corrected chi connectivity index (χ0v) is 9.38. The normalized spacial score (nSPS) is 20.7. The molecule has 0 bridgehead atoms. The van der Waals surface area contributed by atoms with Crippen LogP contribution in [0.3, 0.4) is 0 Å². The van der Waals surface area contributed by atoms with Crippen LogP contribution in [0.5, 0.6) is 0 Å². The number of anilines is 1. The summed E-state index contributed by atoms with van der Waals surface area (Å²) in [6, 6.07) is 7.60. The van der Waals surface area contributed by atoms with Gasteiger partial charge in [-0.2, -0.15) is 0 Å². The van der Waals surface area contributed by atoms with Gasteiger partial charge in [0.05, 0.1) is 5.69 Å². The predicted molar refractivity (Wildman–Crippen MR) is 61.8 cm³/mol. The Kier molecular flexibility index (Phi) is 2.44. The number of rotatable bonds is 1. The highest BCUT2D eigenvalue weighted by molar-refractivity contribution is 7.80. The van der Waals surface area contributed by atoms with Crippen molar-refractivity contribution < 1.29 is 9.53 Å². The molecule has 0 aromatic heterocycles. The van der Waals surface area contributed by atoms with E-state index in [9.17, 15) is 4.79 Å². The molecule has 1 saturated heterocycles. The maximum absolute atomic E-state index is 11.7. The Bertz CT molecular complexity index is 413. The molecule has 1 aromatic carbocycles. The fourth-order valence-corrected chi connectivity index (χ4v) is 1.79. The molecule has 0 saturated carbocycles. The lowest BCUT2D eigenvalue weighted by atomic mass is 10.2. The first-order valence-corrected chi connectivity index (χ1v) is 5.11.